The van der Waals surface area contributed by atoms with E-state index in [0.29, 0.717) is 23.9 Å². The average molecular weight is 351 g/mol. The molecule has 7 heteroatoms. The van der Waals surface area contributed by atoms with Crippen LogP contribution >= 0.6 is 35.8 Å². The maximum atomic E-state index is 12.2. The Hall–Kier alpha value is -0.460. The van der Waals surface area contributed by atoms with Crippen molar-refractivity contribution in [3.8, 4) is 0 Å². The fourth-order valence-electron chi connectivity index (χ4n) is 2.26. The molecule has 1 saturated heterocycles. The monoisotopic (exact) mass is 350 g/mol. The number of rotatable bonds is 4. The number of carbonyl (C=O) groups excluding carboxylic acids is 1. The second-order valence-electron chi connectivity index (χ2n) is 4.81. The molecule has 0 bridgehead atoms. The molecule has 1 aliphatic heterocycles. The molecule has 1 aliphatic rings. The molecular weight excluding hydrogens is 331 g/mol. The molecule has 2 rings (SSSR count). The summed E-state index contributed by atoms with van der Waals surface area (Å²) in [4.78, 5) is 13.1. The number of hydrogen-bond acceptors (Lipinski definition) is 4. The van der Waals surface area contributed by atoms with Gasteiger partial charge in [0.15, 0.2) is 0 Å². The van der Waals surface area contributed by atoms with Crippen LogP contribution in [-0.2, 0) is 9.53 Å². The molecule has 3 N–H and O–H groups in total. The van der Waals surface area contributed by atoms with Crippen LogP contribution in [0.25, 0.3) is 0 Å². The number of halogens is 2. The third-order valence-electron chi connectivity index (χ3n) is 3.50. The van der Waals surface area contributed by atoms with Crippen LogP contribution in [-0.4, -0.2) is 31.4 Å². The summed E-state index contributed by atoms with van der Waals surface area (Å²) in [6, 6.07) is 4.98. The molecule has 1 aromatic rings. The van der Waals surface area contributed by atoms with Crippen molar-refractivity contribution in [2.45, 2.75) is 23.8 Å². The standard InChI is InChI=1S/C14H19ClN2O2S.ClH/c1-20-12-3-2-10(8-11(12)15)17-14(18)13(16)9-4-6-19-7-5-9;/h2-3,8-9,13H,4-7,16H2,1H3,(H,17,18);1H. The summed E-state index contributed by atoms with van der Waals surface area (Å²) in [6.07, 6.45) is 3.63. The number of hydrogen-bond donors (Lipinski definition) is 2. The molecule has 1 fully saturated rings. The highest BCUT2D eigenvalue weighted by Crippen LogP contribution is 2.28. The Labute approximate surface area is 140 Å². The molecule has 0 saturated carbocycles. The van der Waals surface area contributed by atoms with Gasteiger partial charge in [0.25, 0.3) is 0 Å². The van der Waals surface area contributed by atoms with Crippen molar-refractivity contribution in [3.05, 3.63) is 23.2 Å². The van der Waals surface area contributed by atoms with E-state index in [9.17, 15) is 4.79 Å². The fourth-order valence-corrected chi connectivity index (χ4v) is 3.13. The van der Waals surface area contributed by atoms with E-state index in [-0.39, 0.29) is 24.2 Å². The van der Waals surface area contributed by atoms with Crippen molar-refractivity contribution in [2.75, 3.05) is 24.8 Å². The van der Waals surface area contributed by atoms with Gasteiger partial charge in [-0.2, -0.15) is 0 Å². The van der Waals surface area contributed by atoms with E-state index in [1.807, 2.05) is 18.4 Å². The Morgan fingerprint density at radius 3 is 2.71 bits per heavy atom. The van der Waals surface area contributed by atoms with Crippen molar-refractivity contribution in [1.29, 1.82) is 0 Å². The molecule has 0 aliphatic carbocycles. The number of amides is 1. The SMILES string of the molecule is CSc1ccc(NC(=O)C(N)C2CCOCC2)cc1Cl.Cl. The van der Waals surface area contributed by atoms with Crippen LogP contribution in [0.1, 0.15) is 12.8 Å². The number of nitrogens with one attached hydrogen (secondary N) is 1. The Balaban J connectivity index is 0.00000220. The molecule has 1 unspecified atom stereocenters. The topological polar surface area (TPSA) is 64.4 Å². The Kier molecular flexibility index (Phi) is 7.84. The van der Waals surface area contributed by atoms with E-state index < -0.39 is 6.04 Å². The van der Waals surface area contributed by atoms with Gasteiger partial charge in [-0.3, -0.25) is 4.79 Å². The third-order valence-corrected chi connectivity index (χ3v) is 4.72. The maximum Gasteiger partial charge on any atom is 0.241 e. The van der Waals surface area contributed by atoms with Crippen LogP contribution < -0.4 is 11.1 Å². The van der Waals surface area contributed by atoms with Gasteiger partial charge >= 0.3 is 0 Å². The van der Waals surface area contributed by atoms with E-state index in [4.69, 9.17) is 22.1 Å². The highest BCUT2D eigenvalue weighted by molar-refractivity contribution is 7.98. The van der Waals surface area contributed by atoms with Gasteiger partial charge < -0.3 is 15.8 Å². The van der Waals surface area contributed by atoms with Crippen LogP contribution in [0.15, 0.2) is 23.1 Å². The first-order valence-corrected chi connectivity index (χ1v) is 8.20. The molecule has 0 aromatic heterocycles. The Bertz CT molecular complexity index is 482. The second kappa shape index (κ2) is 8.86. The molecule has 1 heterocycles. The lowest BCUT2D eigenvalue weighted by molar-refractivity contribution is -0.119. The van der Waals surface area contributed by atoms with Crippen molar-refractivity contribution >= 4 is 47.4 Å². The lowest BCUT2D eigenvalue weighted by atomic mass is 9.92. The summed E-state index contributed by atoms with van der Waals surface area (Å²) in [6.45, 7) is 1.36. The third kappa shape index (κ3) is 5.04. The number of benzene rings is 1. The largest absolute Gasteiger partial charge is 0.381 e. The summed E-state index contributed by atoms with van der Waals surface area (Å²) in [5.74, 6) is 0.0227. The van der Waals surface area contributed by atoms with Crippen LogP contribution in [0.2, 0.25) is 5.02 Å². The van der Waals surface area contributed by atoms with Crippen LogP contribution in [0.4, 0.5) is 5.69 Å². The average Bonchev–Trinajstić information content (AvgIpc) is 2.47. The molecule has 1 atom stereocenters. The first kappa shape index (κ1) is 18.6. The highest BCUT2D eigenvalue weighted by atomic mass is 35.5. The van der Waals surface area contributed by atoms with E-state index in [1.165, 1.54) is 0 Å². The van der Waals surface area contributed by atoms with E-state index in [2.05, 4.69) is 5.32 Å². The smallest absolute Gasteiger partial charge is 0.241 e. The number of anilines is 1. The molecular formula is C14H20Cl2N2O2S. The normalized spacial score (nSPS) is 16.9. The van der Waals surface area contributed by atoms with Crippen LogP contribution in [0, 0.1) is 5.92 Å². The van der Waals surface area contributed by atoms with Crippen molar-refractivity contribution in [3.63, 3.8) is 0 Å². The Morgan fingerprint density at radius 1 is 1.48 bits per heavy atom. The maximum absolute atomic E-state index is 12.2. The lowest BCUT2D eigenvalue weighted by Crippen LogP contribution is -2.44. The minimum atomic E-state index is -0.502. The molecule has 0 radical (unpaired) electrons. The summed E-state index contributed by atoms with van der Waals surface area (Å²) < 4.78 is 5.28. The van der Waals surface area contributed by atoms with E-state index in [1.54, 1.807) is 17.8 Å². The van der Waals surface area contributed by atoms with Gasteiger partial charge in [-0.05, 0) is 43.2 Å². The van der Waals surface area contributed by atoms with Crippen molar-refractivity contribution in [1.82, 2.24) is 0 Å². The number of carbonyl (C=O) groups is 1. The number of nitrogens with two attached hydrogens (primary N) is 1. The molecule has 1 amide bonds. The molecule has 0 spiro atoms. The zero-order valence-corrected chi connectivity index (χ0v) is 14.2. The van der Waals surface area contributed by atoms with Gasteiger partial charge in [-0.25, -0.2) is 0 Å². The lowest BCUT2D eigenvalue weighted by Gasteiger charge is -2.26. The molecule has 118 valence electrons. The predicted octanol–water partition coefficient (Wildman–Crippen LogP) is 3.18. The minimum Gasteiger partial charge on any atom is -0.381 e. The van der Waals surface area contributed by atoms with Gasteiger partial charge in [0.2, 0.25) is 5.91 Å². The highest BCUT2D eigenvalue weighted by Gasteiger charge is 2.26. The fraction of sp³-hybridized carbons (Fsp3) is 0.500. The summed E-state index contributed by atoms with van der Waals surface area (Å²) in [5, 5.41) is 3.47. The Morgan fingerprint density at radius 2 is 2.14 bits per heavy atom. The van der Waals surface area contributed by atoms with Gasteiger partial charge in [0, 0.05) is 23.8 Å². The van der Waals surface area contributed by atoms with Crippen molar-refractivity contribution in [2.24, 2.45) is 11.7 Å². The molecule has 21 heavy (non-hydrogen) atoms. The van der Waals surface area contributed by atoms with Crippen LogP contribution in [0.5, 0.6) is 0 Å². The zero-order chi connectivity index (χ0) is 14.5. The van der Waals surface area contributed by atoms with Crippen LogP contribution in [0.3, 0.4) is 0 Å². The van der Waals surface area contributed by atoms with Gasteiger partial charge in [-0.1, -0.05) is 11.6 Å². The number of ether oxygens (including phenoxy) is 1. The minimum absolute atomic E-state index is 0. The van der Waals surface area contributed by atoms with Crippen molar-refractivity contribution < 1.29 is 9.53 Å². The quantitative estimate of drug-likeness (QED) is 0.818. The summed E-state index contributed by atoms with van der Waals surface area (Å²) >= 11 is 7.69. The number of thioether (sulfide) groups is 1. The first-order chi connectivity index (χ1) is 9.61. The van der Waals surface area contributed by atoms with E-state index >= 15 is 0 Å². The molecule has 1 aromatic carbocycles. The van der Waals surface area contributed by atoms with Gasteiger partial charge in [0.1, 0.15) is 0 Å². The first-order valence-electron chi connectivity index (χ1n) is 6.59. The van der Waals surface area contributed by atoms with E-state index in [0.717, 1.165) is 17.7 Å². The molecule has 4 nitrogen and oxygen atoms in total. The van der Waals surface area contributed by atoms with Gasteiger partial charge in [-0.15, -0.1) is 24.2 Å². The predicted molar refractivity (Wildman–Crippen MR) is 90.6 cm³/mol. The second-order valence-corrected chi connectivity index (χ2v) is 6.07. The van der Waals surface area contributed by atoms with Gasteiger partial charge in [0.05, 0.1) is 11.1 Å². The summed E-state index contributed by atoms with van der Waals surface area (Å²) in [7, 11) is 0. The summed E-state index contributed by atoms with van der Waals surface area (Å²) in [5.41, 5.74) is 6.71. The zero-order valence-electron chi connectivity index (χ0n) is 11.8.